The summed E-state index contributed by atoms with van der Waals surface area (Å²) in [5, 5.41) is 0.432. The molecule has 1 aromatic rings. The third-order valence-corrected chi connectivity index (χ3v) is 6.07. The molecule has 0 aliphatic carbocycles. The van der Waals surface area contributed by atoms with Crippen molar-refractivity contribution in [2.24, 2.45) is 0 Å². The van der Waals surface area contributed by atoms with Crippen molar-refractivity contribution < 1.29 is 14.0 Å². The van der Waals surface area contributed by atoms with Gasteiger partial charge in [-0.3, -0.25) is 0 Å². The summed E-state index contributed by atoms with van der Waals surface area (Å²) in [7, 11) is 2.08. The smallest absolute Gasteiger partial charge is 0.230 e. The summed E-state index contributed by atoms with van der Waals surface area (Å²) in [6, 6.07) is 3.62. The molecule has 2 saturated heterocycles. The molecule has 4 aliphatic heterocycles. The number of piperidine rings is 2. The average molecular weight is 350 g/mol. The fraction of sp³-hybridized carbons (Fsp3) is 0.706. The maximum atomic E-state index is 6.22. The summed E-state index contributed by atoms with van der Waals surface area (Å²) in [5.74, 6) is 1.21. The Hall–Kier alpha value is -1.40. The minimum Gasteiger partial charge on any atom is -0.472 e. The van der Waals surface area contributed by atoms with Crippen molar-refractivity contribution in [1.82, 2.24) is 9.97 Å². The molecule has 1 aromatic heterocycles. The van der Waals surface area contributed by atoms with Crippen LogP contribution in [0.1, 0.15) is 32.1 Å². The van der Waals surface area contributed by atoms with Crippen LogP contribution in [-0.4, -0.2) is 64.7 Å². The van der Waals surface area contributed by atoms with Crippen LogP contribution in [0.15, 0.2) is 6.07 Å². The Morgan fingerprint density at radius 2 is 2.08 bits per heavy atom. The van der Waals surface area contributed by atoms with E-state index in [4.69, 9.17) is 21.1 Å². The first-order valence-corrected chi connectivity index (χ1v) is 9.20. The van der Waals surface area contributed by atoms with Crippen LogP contribution in [0.4, 0.5) is 5.95 Å². The molecular weight excluding hydrogens is 328 g/mol. The molecule has 2 fully saturated rings. The van der Waals surface area contributed by atoms with E-state index >= 15 is 0 Å². The molecule has 6 nitrogen and oxygen atoms in total. The van der Waals surface area contributed by atoms with Gasteiger partial charge in [0.25, 0.3) is 0 Å². The first-order chi connectivity index (χ1) is 11.7. The maximum Gasteiger partial charge on any atom is 0.230 e. The first kappa shape index (κ1) is 14.9. The van der Waals surface area contributed by atoms with Crippen LogP contribution in [-0.2, 0) is 4.74 Å². The molecule has 7 heteroatoms. The third-order valence-electron chi connectivity index (χ3n) is 5.88. The number of aromatic nitrogens is 2. The van der Waals surface area contributed by atoms with Gasteiger partial charge in [-0.25, -0.2) is 9.56 Å². The zero-order chi connectivity index (χ0) is 16.3. The van der Waals surface area contributed by atoms with Gasteiger partial charge in [0.1, 0.15) is 11.3 Å². The molecule has 0 N–H and O–H groups in total. The van der Waals surface area contributed by atoms with Crippen LogP contribution in [0.2, 0.25) is 5.15 Å². The lowest BCUT2D eigenvalue weighted by molar-refractivity contribution is -0.663. The fourth-order valence-electron chi connectivity index (χ4n) is 4.60. The maximum absolute atomic E-state index is 6.22. The average Bonchev–Trinajstić information content (AvgIpc) is 3.00. The molecule has 4 aliphatic rings. The Balaban J connectivity index is 1.33. The topological polar surface area (TPSA) is 50.5 Å². The number of rotatable bonds is 4. The van der Waals surface area contributed by atoms with Crippen LogP contribution < -0.4 is 9.64 Å². The Kier molecular flexibility index (Phi) is 3.45. The third kappa shape index (κ3) is 2.39. The van der Waals surface area contributed by atoms with Gasteiger partial charge in [0, 0.05) is 38.4 Å². The number of halogens is 1. The Morgan fingerprint density at radius 3 is 2.75 bits per heavy atom. The minimum atomic E-state index is 0.0660. The lowest BCUT2D eigenvalue weighted by Gasteiger charge is -2.47. The zero-order valence-corrected chi connectivity index (χ0v) is 14.6. The highest BCUT2D eigenvalue weighted by molar-refractivity contribution is 6.29. The zero-order valence-electron chi connectivity index (χ0n) is 13.8. The van der Waals surface area contributed by atoms with Crippen LogP contribution >= 0.6 is 11.6 Å². The molecule has 0 spiro atoms. The summed E-state index contributed by atoms with van der Waals surface area (Å²) in [6.07, 6.45) is 5.89. The van der Waals surface area contributed by atoms with Gasteiger partial charge in [-0.2, -0.15) is 4.98 Å². The van der Waals surface area contributed by atoms with E-state index < -0.39 is 0 Å². The molecule has 24 heavy (non-hydrogen) atoms. The molecule has 5 rings (SSSR count). The van der Waals surface area contributed by atoms with Gasteiger partial charge in [-0.15, -0.1) is 0 Å². The number of hydrogen-bond donors (Lipinski definition) is 0. The van der Waals surface area contributed by atoms with E-state index in [0.29, 0.717) is 29.6 Å². The molecule has 0 amide bonds. The molecule has 0 saturated carbocycles. The lowest BCUT2D eigenvalue weighted by atomic mass is 9.74. The van der Waals surface area contributed by atoms with Crippen LogP contribution in [0.25, 0.3) is 0 Å². The van der Waals surface area contributed by atoms with E-state index in [1.54, 1.807) is 11.8 Å². The molecule has 1 unspecified atom stereocenters. The Morgan fingerprint density at radius 1 is 1.29 bits per heavy atom. The van der Waals surface area contributed by atoms with Gasteiger partial charge in [-0.05, 0) is 0 Å². The van der Waals surface area contributed by atoms with Crippen molar-refractivity contribution in [2.75, 3.05) is 25.2 Å². The predicted molar refractivity (Wildman–Crippen MR) is 90.4 cm³/mol. The van der Waals surface area contributed by atoms with Gasteiger partial charge in [-0.1, -0.05) is 11.6 Å². The molecule has 5 heterocycles. The van der Waals surface area contributed by atoms with Gasteiger partial charge in [0.15, 0.2) is 17.8 Å². The van der Waals surface area contributed by atoms with E-state index in [9.17, 15) is 0 Å². The monoisotopic (exact) mass is 349 g/mol. The van der Waals surface area contributed by atoms with Crippen molar-refractivity contribution in [1.29, 1.82) is 0 Å². The first-order valence-electron chi connectivity index (χ1n) is 8.82. The number of ether oxygens (including phenoxy) is 2. The molecule has 4 atom stereocenters. The molecule has 0 radical (unpaired) electrons. The standard InChI is InChI=1S/C17H22ClN4O2/c1-21(10-4-11-6-13-7-12(5-10)22(11)13)17-19-15(18)8-16(20-17)24-14-2-3-23-9-14/h8,10-12,14H,2-7,9H2,1H3/q+1/t10?,11-,12+,14-/m1/s1. The highest BCUT2D eigenvalue weighted by Crippen LogP contribution is 2.40. The largest absolute Gasteiger partial charge is 0.472 e. The number of hydrogen-bond acceptors (Lipinski definition) is 5. The summed E-state index contributed by atoms with van der Waals surface area (Å²) >= 11 is 6.22. The van der Waals surface area contributed by atoms with E-state index in [-0.39, 0.29) is 6.10 Å². The predicted octanol–water partition coefficient (Wildman–Crippen LogP) is 1.89. The highest BCUT2D eigenvalue weighted by Gasteiger charge is 2.57. The normalized spacial score (nSPS) is 33.6. The number of anilines is 1. The summed E-state index contributed by atoms with van der Waals surface area (Å²) < 4.78 is 13.9. The van der Waals surface area contributed by atoms with Crippen LogP contribution in [0.3, 0.4) is 0 Å². The highest BCUT2D eigenvalue weighted by atomic mass is 35.5. The fourth-order valence-corrected chi connectivity index (χ4v) is 4.77. The van der Waals surface area contributed by atoms with E-state index in [2.05, 4.69) is 26.5 Å². The van der Waals surface area contributed by atoms with Crippen molar-refractivity contribution in [3.05, 3.63) is 11.2 Å². The quantitative estimate of drug-likeness (QED) is 0.614. The summed E-state index contributed by atoms with van der Waals surface area (Å²) in [6.45, 7) is 1.37. The SMILES string of the molecule is CN(c1nc(Cl)cc(O[C@@H]2CCOC2)n1)C1C[C@H]2CC3=[N+]2[C@@H](C3)C1. The van der Waals surface area contributed by atoms with E-state index in [1.165, 1.54) is 25.7 Å². The second kappa shape index (κ2) is 5.56. The van der Waals surface area contributed by atoms with Crippen molar-refractivity contribution in [3.8, 4) is 5.88 Å². The van der Waals surface area contributed by atoms with Gasteiger partial charge < -0.3 is 14.4 Å². The van der Waals surface area contributed by atoms with Crippen molar-refractivity contribution >= 4 is 23.3 Å². The van der Waals surface area contributed by atoms with Gasteiger partial charge >= 0.3 is 0 Å². The number of nitrogens with zero attached hydrogens (tertiary/aromatic N) is 4. The summed E-state index contributed by atoms with van der Waals surface area (Å²) in [4.78, 5) is 11.2. The Bertz CT molecular complexity index is 684. The molecular formula is C17H22ClN4O2+. The second-order valence-electron chi connectivity index (χ2n) is 7.36. The van der Waals surface area contributed by atoms with Crippen LogP contribution in [0, 0.1) is 0 Å². The molecule has 0 bridgehead atoms. The molecule has 0 aromatic carbocycles. The Labute approximate surface area is 146 Å². The van der Waals surface area contributed by atoms with E-state index in [0.717, 1.165) is 25.1 Å². The van der Waals surface area contributed by atoms with Crippen molar-refractivity contribution in [2.45, 2.75) is 56.3 Å². The molecule has 128 valence electrons. The second-order valence-corrected chi connectivity index (χ2v) is 7.75. The minimum absolute atomic E-state index is 0.0660. The summed E-state index contributed by atoms with van der Waals surface area (Å²) in [5.41, 5.74) is 1.67. The van der Waals surface area contributed by atoms with Gasteiger partial charge in [0.05, 0.1) is 26.1 Å². The van der Waals surface area contributed by atoms with Gasteiger partial charge in [0.2, 0.25) is 11.8 Å². The van der Waals surface area contributed by atoms with Crippen molar-refractivity contribution in [3.63, 3.8) is 0 Å². The lowest BCUT2D eigenvalue weighted by Crippen LogP contribution is -2.65. The van der Waals surface area contributed by atoms with E-state index in [1.807, 2.05) is 0 Å². The van der Waals surface area contributed by atoms with Crippen LogP contribution in [0.5, 0.6) is 5.88 Å².